The second-order valence-corrected chi connectivity index (χ2v) is 3.09. The van der Waals surface area contributed by atoms with Crippen molar-refractivity contribution in [2.45, 2.75) is 39.5 Å². The van der Waals surface area contributed by atoms with E-state index in [0.717, 1.165) is 12.8 Å². The molecular formula is C11H18O3. The Balaban J connectivity index is 3.35. The van der Waals surface area contributed by atoms with Gasteiger partial charge in [-0.25, -0.2) is 0 Å². The molecule has 0 unspecified atom stereocenters. The molecule has 0 aromatic carbocycles. The highest BCUT2D eigenvalue weighted by molar-refractivity contribution is 5.80. The Morgan fingerprint density at radius 3 is 2.50 bits per heavy atom. The average Bonchev–Trinajstić information content (AvgIpc) is 2.14. The van der Waals surface area contributed by atoms with Gasteiger partial charge in [0, 0.05) is 6.42 Å². The van der Waals surface area contributed by atoms with Gasteiger partial charge in [-0.3, -0.25) is 4.79 Å². The predicted molar refractivity (Wildman–Crippen MR) is 54.9 cm³/mol. The Morgan fingerprint density at radius 2 is 1.93 bits per heavy atom. The minimum atomic E-state index is -0.287. The topological polar surface area (TPSA) is 43.4 Å². The molecule has 0 aliphatic heterocycles. The Morgan fingerprint density at radius 1 is 1.21 bits per heavy atom. The molecule has 0 aromatic rings. The number of Topliss-reactive ketones (excluding diaryl/α,β-unsaturated/α-hetero) is 1. The van der Waals surface area contributed by atoms with Gasteiger partial charge < -0.3 is 9.53 Å². The van der Waals surface area contributed by atoms with Crippen LogP contribution >= 0.6 is 0 Å². The minimum absolute atomic E-state index is 0.0211. The molecule has 0 aromatic heterocycles. The van der Waals surface area contributed by atoms with Crippen LogP contribution in [0.2, 0.25) is 0 Å². The molecule has 0 bridgehead atoms. The van der Waals surface area contributed by atoms with E-state index < -0.39 is 0 Å². The third kappa shape index (κ3) is 8.97. The maximum atomic E-state index is 11.0. The van der Waals surface area contributed by atoms with E-state index in [-0.39, 0.29) is 24.6 Å². The average molecular weight is 198 g/mol. The molecule has 0 fully saturated rings. The van der Waals surface area contributed by atoms with Gasteiger partial charge in [-0.15, -0.1) is 0 Å². The molecule has 0 atom stereocenters. The summed E-state index contributed by atoms with van der Waals surface area (Å²) in [7, 11) is 0. The van der Waals surface area contributed by atoms with Crippen molar-refractivity contribution in [1.82, 2.24) is 0 Å². The summed E-state index contributed by atoms with van der Waals surface area (Å²) in [5.41, 5.74) is 0. The highest BCUT2D eigenvalue weighted by atomic mass is 16.5. The summed E-state index contributed by atoms with van der Waals surface area (Å²) in [6.07, 6.45) is 6.25. The quantitative estimate of drug-likeness (QED) is 0.358. The van der Waals surface area contributed by atoms with Crippen molar-refractivity contribution < 1.29 is 14.3 Å². The maximum Gasteiger partial charge on any atom is 0.306 e. The van der Waals surface area contributed by atoms with Crippen LogP contribution in [0.25, 0.3) is 0 Å². The summed E-state index contributed by atoms with van der Waals surface area (Å²) in [6.45, 7) is 3.93. The van der Waals surface area contributed by atoms with Crippen molar-refractivity contribution in [2.75, 3.05) is 6.61 Å². The monoisotopic (exact) mass is 198 g/mol. The zero-order chi connectivity index (χ0) is 10.8. The molecule has 0 amide bonds. The Bertz CT molecular complexity index is 207. The van der Waals surface area contributed by atoms with E-state index >= 15 is 0 Å². The number of hydrogen-bond donors (Lipinski definition) is 0. The normalized spacial score (nSPS) is 10.4. The molecule has 0 saturated heterocycles. The first-order valence-electron chi connectivity index (χ1n) is 4.97. The van der Waals surface area contributed by atoms with E-state index in [4.69, 9.17) is 4.74 Å². The zero-order valence-electron chi connectivity index (χ0n) is 8.91. The van der Waals surface area contributed by atoms with Gasteiger partial charge in [-0.1, -0.05) is 19.1 Å². The third-order valence-electron chi connectivity index (χ3n) is 1.63. The van der Waals surface area contributed by atoms with Crippen LogP contribution in [0.15, 0.2) is 12.2 Å². The molecule has 0 saturated carbocycles. The molecule has 3 heteroatoms. The Kier molecular flexibility index (Phi) is 7.80. The van der Waals surface area contributed by atoms with E-state index in [1.807, 2.05) is 12.2 Å². The number of carbonyl (C=O) groups is 2. The Hall–Kier alpha value is -1.12. The minimum Gasteiger partial charge on any atom is -0.465 e. The SMILES string of the molecule is CC/C=C/CCOC(=O)CCC(C)=O. The van der Waals surface area contributed by atoms with Crippen molar-refractivity contribution in [1.29, 1.82) is 0 Å². The van der Waals surface area contributed by atoms with Crippen LogP contribution < -0.4 is 0 Å². The highest BCUT2D eigenvalue weighted by Crippen LogP contribution is 1.95. The second kappa shape index (κ2) is 8.48. The standard InChI is InChI=1S/C11H18O3/c1-3-4-5-6-9-14-11(13)8-7-10(2)12/h4-5H,3,6-9H2,1-2H3/b5-4+. The third-order valence-corrected chi connectivity index (χ3v) is 1.63. The summed E-state index contributed by atoms with van der Waals surface area (Å²) < 4.78 is 4.90. The summed E-state index contributed by atoms with van der Waals surface area (Å²) in [5.74, 6) is -0.266. The fourth-order valence-electron chi connectivity index (χ4n) is 0.876. The van der Waals surface area contributed by atoms with E-state index in [2.05, 4.69) is 6.92 Å². The van der Waals surface area contributed by atoms with Gasteiger partial charge in [0.05, 0.1) is 13.0 Å². The van der Waals surface area contributed by atoms with E-state index in [0.29, 0.717) is 6.61 Å². The van der Waals surface area contributed by atoms with Gasteiger partial charge in [0.15, 0.2) is 0 Å². The summed E-state index contributed by atoms with van der Waals surface area (Å²) >= 11 is 0. The zero-order valence-corrected chi connectivity index (χ0v) is 8.91. The molecule has 3 nitrogen and oxygen atoms in total. The molecule has 14 heavy (non-hydrogen) atoms. The second-order valence-electron chi connectivity index (χ2n) is 3.09. The molecule has 0 spiro atoms. The first kappa shape index (κ1) is 12.9. The fourth-order valence-corrected chi connectivity index (χ4v) is 0.876. The number of allylic oxidation sites excluding steroid dienone is 1. The van der Waals surface area contributed by atoms with Crippen LogP contribution in [-0.4, -0.2) is 18.4 Å². The molecule has 0 heterocycles. The first-order chi connectivity index (χ1) is 6.66. The van der Waals surface area contributed by atoms with Gasteiger partial charge in [0.1, 0.15) is 5.78 Å². The maximum absolute atomic E-state index is 11.0. The van der Waals surface area contributed by atoms with Gasteiger partial charge in [0.2, 0.25) is 0 Å². The van der Waals surface area contributed by atoms with Crippen molar-refractivity contribution in [3.05, 3.63) is 12.2 Å². The molecule has 0 rings (SSSR count). The van der Waals surface area contributed by atoms with Crippen LogP contribution in [-0.2, 0) is 14.3 Å². The lowest BCUT2D eigenvalue weighted by atomic mass is 10.2. The predicted octanol–water partition coefficient (Wildman–Crippen LogP) is 2.26. The van der Waals surface area contributed by atoms with E-state index in [1.54, 1.807) is 0 Å². The molecule has 0 aliphatic rings. The molecule has 0 N–H and O–H groups in total. The van der Waals surface area contributed by atoms with E-state index in [9.17, 15) is 9.59 Å². The lowest BCUT2D eigenvalue weighted by Gasteiger charge is -2.01. The lowest BCUT2D eigenvalue weighted by molar-refractivity contribution is -0.144. The smallest absolute Gasteiger partial charge is 0.306 e. The Labute approximate surface area is 85.1 Å². The van der Waals surface area contributed by atoms with Gasteiger partial charge >= 0.3 is 5.97 Å². The van der Waals surface area contributed by atoms with Crippen molar-refractivity contribution in [2.24, 2.45) is 0 Å². The van der Waals surface area contributed by atoms with Gasteiger partial charge in [0.25, 0.3) is 0 Å². The van der Waals surface area contributed by atoms with Crippen molar-refractivity contribution in [3.8, 4) is 0 Å². The first-order valence-corrected chi connectivity index (χ1v) is 4.97. The van der Waals surface area contributed by atoms with Crippen LogP contribution in [0.4, 0.5) is 0 Å². The van der Waals surface area contributed by atoms with E-state index in [1.165, 1.54) is 6.92 Å². The number of ketones is 1. The molecular weight excluding hydrogens is 180 g/mol. The number of carbonyl (C=O) groups excluding carboxylic acids is 2. The van der Waals surface area contributed by atoms with Gasteiger partial charge in [-0.2, -0.15) is 0 Å². The molecule has 0 aliphatic carbocycles. The summed E-state index contributed by atoms with van der Waals surface area (Å²) in [6, 6.07) is 0. The van der Waals surface area contributed by atoms with Crippen LogP contribution in [0.1, 0.15) is 39.5 Å². The van der Waals surface area contributed by atoms with Crippen molar-refractivity contribution >= 4 is 11.8 Å². The van der Waals surface area contributed by atoms with Gasteiger partial charge in [-0.05, 0) is 19.8 Å². The number of hydrogen-bond acceptors (Lipinski definition) is 3. The molecule has 0 radical (unpaired) electrons. The van der Waals surface area contributed by atoms with Crippen LogP contribution in [0.5, 0.6) is 0 Å². The largest absolute Gasteiger partial charge is 0.465 e. The van der Waals surface area contributed by atoms with Crippen LogP contribution in [0, 0.1) is 0 Å². The van der Waals surface area contributed by atoms with Crippen LogP contribution in [0.3, 0.4) is 0 Å². The number of rotatable bonds is 7. The fraction of sp³-hybridized carbons (Fsp3) is 0.636. The highest BCUT2D eigenvalue weighted by Gasteiger charge is 2.03. The molecule has 80 valence electrons. The summed E-state index contributed by atoms with van der Waals surface area (Å²) in [5, 5.41) is 0. The summed E-state index contributed by atoms with van der Waals surface area (Å²) in [4.78, 5) is 21.5. The number of ether oxygens (including phenoxy) is 1. The number of esters is 1. The lowest BCUT2D eigenvalue weighted by Crippen LogP contribution is -2.06. The van der Waals surface area contributed by atoms with Crippen molar-refractivity contribution in [3.63, 3.8) is 0 Å².